The molecule has 0 aliphatic carbocycles. The van der Waals surface area contributed by atoms with Gasteiger partial charge in [0.05, 0.1) is 0 Å². The van der Waals surface area contributed by atoms with Gasteiger partial charge in [0.1, 0.15) is 0 Å². The highest BCUT2D eigenvalue weighted by Gasteiger charge is 2.04. The molecular formula is C11H18N2. The lowest BCUT2D eigenvalue weighted by Crippen LogP contribution is -2.17. The lowest BCUT2D eigenvalue weighted by molar-refractivity contribution is 0.960. The zero-order valence-electron chi connectivity index (χ0n) is 8.89. The summed E-state index contributed by atoms with van der Waals surface area (Å²) >= 11 is 0. The molecule has 0 heterocycles. The lowest BCUT2D eigenvalue weighted by atomic mass is 10.1. The summed E-state index contributed by atoms with van der Waals surface area (Å²) < 4.78 is 0. The highest BCUT2D eigenvalue weighted by atomic mass is 15.1. The molecule has 0 fully saturated rings. The Morgan fingerprint density at radius 1 is 1.23 bits per heavy atom. The average Bonchev–Trinajstić information content (AvgIpc) is 2.10. The molecule has 0 amide bonds. The number of benzene rings is 1. The summed E-state index contributed by atoms with van der Waals surface area (Å²) in [5.41, 5.74) is 10.4. The maximum absolute atomic E-state index is 5.81. The average molecular weight is 178 g/mol. The summed E-state index contributed by atoms with van der Waals surface area (Å²) in [6.07, 6.45) is 0. The van der Waals surface area contributed by atoms with Crippen molar-refractivity contribution < 1.29 is 0 Å². The monoisotopic (exact) mass is 178 g/mol. The molecule has 2 heteroatoms. The largest absolute Gasteiger partial charge is 0.399 e. The summed E-state index contributed by atoms with van der Waals surface area (Å²) in [5.74, 6) is 0. The topological polar surface area (TPSA) is 29.3 Å². The number of nitrogens with two attached hydrogens (primary N) is 1. The van der Waals surface area contributed by atoms with E-state index in [1.165, 1.54) is 11.3 Å². The van der Waals surface area contributed by atoms with Crippen LogP contribution in [0.15, 0.2) is 12.1 Å². The van der Waals surface area contributed by atoms with Crippen LogP contribution in [0, 0.1) is 13.8 Å². The van der Waals surface area contributed by atoms with E-state index in [0.29, 0.717) is 0 Å². The summed E-state index contributed by atoms with van der Waals surface area (Å²) in [5, 5.41) is 0. The summed E-state index contributed by atoms with van der Waals surface area (Å²) in [7, 11) is 2.10. The van der Waals surface area contributed by atoms with Crippen LogP contribution < -0.4 is 10.6 Å². The van der Waals surface area contributed by atoms with Crippen LogP contribution in [0.4, 0.5) is 11.4 Å². The van der Waals surface area contributed by atoms with Crippen LogP contribution in [-0.2, 0) is 0 Å². The number of hydrogen-bond donors (Lipinski definition) is 1. The number of rotatable bonds is 2. The van der Waals surface area contributed by atoms with Crippen LogP contribution in [0.1, 0.15) is 18.1 Å². The fourth-order valence-corrected chi connectivity index (χ4v) is 1.40. The van der Waals surface area contributed by atoms with Gasteiger partial charge >= 0.3 is 0 Å². The second-order valence-electron chi connectivity index (χ2n) is 3.51. The van der Waals surface area contributed by atoms with E-state index in [4.69, 9.17) is 5.73 Å². The molecule has 0 radical (unpaired) electrons. The molecule has 0 unspecified atom stereocenters. The van der Waals surface area contributed by atoms with Crippen molar-refractivity contribution in [2.75, 3.05) is 24.2 Å². The van der Waals surface area contributed by atoms with Crippen LogP contribution in [0.2, 0.25) is 0 Å². The van der Waals surface area contributed by atoms with Gasteiger partial charge in [0, 0.05) is 25.0 Å². The summed E-state index contributed by atoms with van der Waals surface area (Å²) in [6.45, 7) is 7.30. The molecular weight excluding hydrogens is 160 g/mol. The van der Waals surface area contributed by atoms with Crippen molar-refractivity contribution in [2.24, 2.45) is 0 Å². The molecule has 1 aromatic carbocycles. The molecule has 1 rings (SSSR count). The van der Waals surface area contributed by atoms with E-state index in [1.807, 2.05) is 13.0 Å². The molecule has 0 saturated heterocycles. The Kier molecular flexibility index (Phi) is 2.81. The third-order valence-electron chi connectivity index (χ3n) is 2.47. The quantitative estimate of drug-likeness (QED) is 0.704. The Balaban J connectivity index is 3.15. The van der Waals surface area contributed by atoms with Gasteiger partial charge in [0.15, 0.2) is 0 Å². The highest BCUT2D eigenvalue weighted by molar-refractivity contribution is 5.62. The minimum absolute atomic E-state index is 0.880. The van der Waals surface area contributed by atoms with Crippen molar-refractivity contribution in [3.8, 4) is 0 Å². The van der Waals surface area contributed by atoms with E-state index < -0.39 is 0 Å². The van der Waals surface area contributed by atoms with Crippen molar-refractivity contribution in [3.63, 3.8) is 0 Å². The molecule has 13 heavy (non-hydrogen) atoms. The Bertz CT molecular complexity index is 305. The first-order chi connectivity index (χ1) is 6.06. The van der Waals surface area contributed by atoms with Crippen molar-refractivity contribution in [1.29, 1.82) is 0 Å². The van der Waals surface area contributed by atoms with Crippen molar-refractivity contribution in [2.45, 2.75) is 20.8 Å². The van der Waals surface area contributed by atoms with E-state index in [0.717, 1.165) is 17.8 Å². The number of nitrogen functional groups attached to an aromatic ring is 1. The third-order valence-corrected chi connectivity index (χ3v) is 2.47. The van der Waals surface area contributed by atoms with E-state index >= 15 is 0 Å². The number of hydrogen-bond acceptors (Lipinski definition) is 2. The smallest absolute Gasteiger partial charge is 0.0397 e. The molecule has 0 saturated carbocycles. The van der Waals surface area contributed by atoms with Gasteiger partial charge in [-0.3, -0.25) is 0 Å². The SMILES string of the molecule is CCN(C)c1cc(C)c(N)cc1C. The first-order valence-electron chi connectivity index (χ1n) is 4.64. The summed E-state index contributed by atoms with van der Waals surface area (Å²) in [4.78, 5) is 2.22. The van der Waals surface area contributed by atoms with Crippen LogP contribution in [-0.4, -0.2) is 13.6 Å². The number of aryl methyl sites for hydroxylation is 2. The van der Waals surface area contributed by atoms with Gasteiger partial charge in [-0.1, -0.05) is 0 Å². The van der Waals surface area contributed by atoms with Crippen molar-refractivity contribution in [1.82, 2.24) is 0 Å². The first-order valence-corrected chi connectivity index (χ1v) is 4.64. The molecule has 72 valence electrons. The van der Waals surface area contributed by atoms with Gasteiger partial charge in [-0.15, -0.1) is 0 Å². The fraction of sp³-hybridized carbons (Fsp3) is 0.455. The predicted octanol–water partition coefficient (Wildman–Crippen LogP) is 2.34. The van der Waals surface area contributed by atoms with Crippen molar-refractivity contribution in [3.05, 3.63) is 23.3 Å². The number of nitrogens with zero attached hydrogens (tertiary/aromatic N) is 1. The molecule has 0 bridgehead atoms. The fourth-order valence-electron chi connectivity index (χ4n) is 1.40. The Labute approximate surface area is 80.4 Å². The zero-order chi connectivity index (χ0) is 10.0. The molecule has 0 spiro atoms. The normalized spacial score (nSPS) is 10.2. The maximum atomic E-state index is 5.81. The van der Waals surface area contributed by atoms with Gasteiger partial charge in [0.25, 0.3) is 0 Å². The lowest BCUT2D eigenvalue weighted by Gasteiger charge is -2.20. The van der Waals surface area contributed by atoms with Crippen molar-refractivity contribution >= 4 is 11.4 Å². The van der Waals surface area contributed by atoms with E-state index in [2.05, 4.69) is 31.9 Å². The van der Waals surface area contributed by atoms with Crippen LogP contribution in [0.3, 0.4) is 0 Å². The molecule has 0 atom stereocenters. The van der Waals surface area contributed by atoms with Gasteiger partial charge in [-0.25, -0.2) is 0 Å². The van der Waals surface area contributed by atoms with Gasteiger partial charge in [-0.2, -0.15) is 0 Å². The Hall–Kier alpha value is -1.18. The minimum atomic E-state index is 0.880. The highest BCUT2D eigenvalue weighted by Crippen LogP contribution is 2.24. The van der Waals surface area contributed by atoms with Gasteiger partial charge in [0.2, 0.25) is 0 Å². The molecule has 0 aliphatic heterocycles. The first kappa shape index (κ1) is 9.90. The standard InChI is InChI=1S/C11H18N2/c1-5-13(4)11-7-8(2)10(12)6-9(11)3/h6-7H,5,12H2,1-4H3. The number of anilines is 2. The molecule has 0 aromatic heterocycles. The molecule has 2 N–H and O–H groups in total. The van der Waals surface area contributed by atoms with Gasteiger partial charge < -0.3 is 10.6 Å². The Morgan fingerprint density at radius 2 is 1.85 bits per heavy atom. The second-order valence-corrected chi connectivity index (χ2v) is 3.51. The zero-order valence-corrected chi connectivity index (χ0v) is 8.89. The van der Waals surface area contributed by atoms with E-state index in [1.54, 1.807) is 0 Å². The van der Waals surface area contributed by atoms with Crippen LogP contribution >= 0.6 is 0 Å². The minimum Gasteiger partial charge on any atom is -0.399 e. The summed E-state index contributed by atoms with van der Waals surface area (Å²) in [6, 6.07) is 4.19. The molecule has 0 aliphatic rings. The third kappa shape index (κ3) is 1.94. The van der Waals surface area contributed by atoms with Gasteiger partial charge in [-0.05, 0) is 44.0 Å². The van der Waals surface area contributed by atoms with Crippen LogP contribution in [0.5, 0.6) is 0 Å². The van der Waals surface area contributed by atoms with Crippen LogP contribution in [0.25, 0.3) is 0 Å². The maximum Gasteiger partial charge on any atom is 0.0397 e. The molecule has 1 aromatic rings. The predicted molar refractivity (Wildman–Crippen MR) is 59.3 cm³/mol. The van der Waals surface area contributed by atoms with E-state index in [9.17, 15) is 0 Å². The second kappa shape index (κ2) is 3.69. The molecule has 2 nitrogen and oxygen atoms in total. The van der Waals surface area contributed by atoms with E-state index in [-0.39, 0.29) is 0 Å². The Morgan fingerprint density at radius 3 is 2.38 bits per heavy atom.